The first-order valence-corrected chi connectivity index (χ1v) is 9.32. The summed E-state index contributed by atoms with van der Waals surface area (Å²) in [7, 11) is -2.48. The van der Waals surface area contributed by atoms with E-state index in [0.29, 0.717) is 22.5 Å². The van der Waals surface area contributed by atoms with E-state index in [2.05, 4.69) is 46.2 Å². The van der Waals surface area contributed by atoms with E-state index in [0.717, 1.165) is 0 Å². The Balaban J connectivity index is 2.13. The summed E-state index contributed by atoms with van der Waals surface area (Å²) in [5, 5.41) is 35.0. The molecule has 12 heteroatoms. The van der Waals surface area contributed by atoms with Gasteiger partial charge in [0.25, 0.3) is 0 Å². The van der Waals surface area contributed by atoms with Crippen LogP contribution >= 0.6 is 7.26 Å². The lowest BCUT2D eigenvalue weighted by Gasteiger charge is -2.21. The first kappa shape index (κ1) is 17.2. The SMILES string of the molecule is [18F]CCOCC[P+](c1ccnnn1)(c1ccnnn1)c1ccnnn1. The maximum Gasteiger partial charge on any atom is 0.219 e. The number of rotatable bonds is 8. The molecule has 0 fully saturated rings. The van der Waals surface area contributed by atoms with Crippen molar-refractivity contribution in [1.82, 2.24) is 46.2 Å². The molecule has 0 amide bonds. The number of ether oxygens (including phenoxy) is 1. The summed E-state index contributed by atoms with van der Waals surface area (Å²) in [4.78, 5) is 0. The summed E-state index contributed by atoms with van der Waals surface area (Å²) in [6, 6.07) is 5.25. The minimum Gasteiger partial charge on any atom is -0.375 e. The van der Waals surface area contributed by atoms with E-state index in [9.17, 15) is 4.39 Å². The number of hydrogen-bond acceptors (Lipinski definition) is 10. The average Bonchev–Trinajstić information content (AvgIpc) is 2.70. The van der Waals surface area contributed by atoms with Crippen LogP contribution in [0.15, 0.2) is 36.8 Å². The number of aromatic nitrogens is 9. The zero-order valence-corrected chi connectivity index (χ0v) is 13.9. The molecule has 0 spiro atoms. The van der Waals surface area contributed by atoms with E-state index < -0.39 is 13.9 Å². The van der Waals surface area contributed by atoms with Gasteiger partial charge >= 0.3 is 0 Å². The number of halogens is 1. The van der Waals surface area contributed by atoms with Gasteiger partial charge in [-0.2, -0.15) is 0 Å². The summed E-state index contributed by atoms with van der Waals surface area (Å²) >= 11 is 0. The van der Waals surface area contributed by atoms with Crippen LogP contribution in [-0.2, 0) is 4.74 Å². The molecule has 0 N–H and O–H groups in total. The second-order valence-corrected chi connectivity index (χ2v) is 8.21. The van der Waals surface area contributed by atoms with Gasteiger partial charge in [-0.1, -0.05) is 15.3 Å². The van der Waals surface area contributed by atoms with Crippen molar-refractivity contribution in [2.75, 3.05) is 26.1 Å². The van der Waals surface area contributed by atoms with Gasteiger partial charge < -0.3 is 4.74 Å². The van der Waals surface area contributed by atoms with Crippen molar-refractivity contribution in [3.05, 3.63) is 36.8 Å². The van der Waals surface area contributed by atoms with Crippen LogP contribution in [0.5, 0.6) is 0 Å². The van der Waals surface area contributed by atoms with Crippen LogP contribution in [0.3, 0.4) is 0 Å². The number of alkyl halides is 1. The highest BCUT2D eigenvalue weighted by Crippen LogP contribution is 2.52. The Hall–Kier alpha value is -2.65. The molecule has 3 heterocycles. The van der Waals surface area contributed by atoms with Gasteiger partial charge in [-0.05, 0) is 15.6 Å². The summed E-state index contributed by atoms with van der Waals surface area (Å²) in [6.07, 6.45) is 5.11. The summed E-state index contributed by atoms with van der Waals surface area (Å²) in [5.41, 5.74) is 1.94. The first-order chi connectivity index (χ1) is 12.4. The zero-order valence-electron chi connectivity index (χ0n) is 13.1. The van der Waals surface area contributed by atoms with Crippen molar-refractivity contribution < 1.29 is 9.13 Å². The molecule has 25 heavy (non-hydrogen) atoms. The van der Waals surface area contributed by atoms with Crippen LogP contribution in [-0.4, -0.2) is 72.3 Å². The molecule has 0 saturated heterocycles. The van der Waals surface area contributed by atoms with E-state index in [-0.39, 0.29) is 13.2 Å². The zero-order chi connectivity index (χ0) is 17.4. The monoisotopic (exact) mass is 361 g/mol. The molecule has 0 aliphatic rings. The average molecular weight is 361 g/mol. The highest BCUT2D eigenvalue weighted by atomic mass is 31.2. The van der Waals surface area contributed by atoms with Crippen LogP contribution < -0.4 is 16.3 Å². The molecular formula is C13H14FN9OP+. The molecule has 0 unspecified atom stereocenters. The molecule has 0 radical (unpaired) electrons. The number of hydrogen-bond donors (Lipinski definition) is 0. The van der Waals surface area contributed by atoms with E-state index in [1.165, 1.54) is 0 Å². The van der Waals surface area contributed by atoms with Crippen LogP contribution in [0.1, 0.15) is 0 Å². The van der Waals surface area contributed by atoms with Gasteiger partial charge in [-0.15, -0.1) is 15.3 Å². The van der Waals surface area contributed by atoms with Gasteiger partial charge in [0.2, 0.25) is 16.3 Å². The highest BCUT2D eigenvalue weighted by Gasteiger charge is 2.51. The van der Waals surface area contributed by atoms with E-state index >= 15 is 0 Å². The van der Waals surface area contributed by atoms with Crippen molar-refractivity contribution in [3.8, 4) is 0 Å². The van der Waals surface area contributed by atoms with E-state index in [1.54, 1.807) is 36.8 Å². The van der Waals surface area contributed by atoms with Gasteiger partial charge in [0.1, 0.15) is 12.8 Å². The standard InChI is InChI=1S/C13H14FN9OP/c14-4-8-24-9-10-25(11-1-5-15-21-18-11,12-2-6-16-22-19-12)13-3-7-17-23-20-13/h1-3,5-7H,4,8-10H2/q+1/i14-1. The Bertz CT molecular complexity index is 672. The lowest BCUT2D eigenvalue weighted by atomic mass is 10.7. The largest absolute Gasteiger partial charge is 0.375 e. The molecule has 3 aromatic rings. The third-order valence-electron chi connectivity index (χ3n) is 3.43. The Kier molecular flexibility index (Phi) is 5.81. The second-order valence-electron chi connectivity index (χ2n) is 4.77. The smallest absolute Gasteiger partial charge is 0.219 e. The topological polar surface area (TPSA) is 125 Å². The van der Waals surface area contributed by atoms with E-state index in [4.69, 9.17) is 4.74 Å². The second kappa shape index (κ2) is 8.45. The Morgan fingerprint density at radius 1 is 0.760 bits per heavy atom. The van der Waals surface area contributed by atoms with Crippen molar-refractivity contribution in [2.45, 2.75) is 0 Å². The van der Waals surface area contributed by atoms with Gasteiger partial charge in [0, 0.05) is 18.2 Å². The molecule has 3 aromatic heterocycles. The maximum absolute atomic E-state index is 12.4. The van der Waals surface area contributed by atoms with Crippen LogP contribution in [0.2, 0.25) is 0 Å². The maximum atomic E-state index is 12.4. The minimum absolute atomic E-state index is 0.0199. The van der Waals surface area contributed by atoms with E-state index in [1.807, 2.05) is 0 Å². The first-order valence-electron chi connectivity index (χ1n) is 7.34. The van der Waals surface area contributed by atoms with Crippen LogP contribution in [0, 0.1) is 0 Å². The quantitative estimate of drug-likeness (QED) is 0.346. The van der Waals surface area contributed by atoms with Crippen molar-refractivity contribution in [3.63, 3.8) is 0 Å². The van der Waals surface area contributed by atoms with Crippen molar-refractivity contribution in [1.29, 1.82) is 0 Å². The lowest BCUT2D eigenvalue weighted by molar-refractivity contribution is 0.132. The molecule has 0 atom stereocenters. The predicted octanol–water partition coefficient (Wildman–Crippen LogP) is -1.48. The highest BCUT2D eigenvalue weighted by molar-refractivity contribution is 7.95. The van der Waals surface area contributed by atoms with Gasteiger partial charge in [0.05, 0.1) is 31.8 Å². The Morgan fingerprint density at radius 2 is 1.24 bits per heavy atom. The molecule has 0 aromatic carbocycles. The fraction of sp³-hybridized carbons (Fsp3) is 0.308. The predicted molar refractivity (Wildman–Crippen MR) is 87.0 cm³/mol. The molecule has 0 aliphatic carbocycles. The number of nitrogens with zero attached hydrogens (tertiary/aromatic N) is 9. The van der Waals surface area contributed by atoms with Crippen molar-refractivity contribution >= 4 is 23.6 Å². The van der Waals surface area contributed by atoms with Gasteiger partial charge in [-0.3, -0.25) is 0 Å². The molecule has 128 valence electrons. The third-order valence-corrected chi connectivity index (χ3v) is 7.35. The molecule has 0 aliphatic heterocycles. The molecule has 0 saturated carbocycles. The molecule has 10 nitrogen and oxygen atoms in total. The normalized spacial score (nSPS) is 11.4. The van der Waals surface area contributed by atoms with Gasteiger partial charge in [0.15, 0.2) is 7.26 Å². The lowest BCUT2D eigenvalue weighted by Crippen LogP contribution is -2.40. The van der Waals surface area contributed by atoms with Gasteiger partial charge in [-0.25, -0.2) is 4.39 Å². The summed E-state index contributed by atoms with van der Waals surface area (Å²) in [6.45, 7) is -0.244. The minimum atomic E-state index is -2.48. The Morgan fingerprint density at radius 3 is 1.60 bits per heavy atom. The van der Waals surface area contributed by atoms with Crippen LogP contribution in [0.4, 0.5) is 4.39 Å². The third kappa shape index (κ3) is 3.72. The van der Waals surface area contributed by atoms with Crippen LogP contribution in [0.25, 0.3) is 0 Å². The Labute approximate surface area is 142 Å². The molecule has 3 rings (SSSR count). The molecule has 0 bridgehead atoms. The summed E-state index contributed by atoms with van der Waals surface area (Å²) in [5.74, 6) is 0. The van der Waals surface area contributed by atoms with Crippen molar-refractivity contribution in [2.24, 2.45) is 0 Å². The fourth-order valence-corrected chi connectivity index (χ4v) is 5.70. The summed E-state index contributed by atoms with van der Waals surface area (Å²) < 4.78 is 17.7. The fourth-order valence-electron chi connectivity index (χ4n) is 2.37. The molecular weight excluding hydrogens is 347 g/mol.